The Morgan fingerprint density at radius 1 is 1.36 bits per heavy atom. The molecule has 0 fully saturated rings. The number of carboxylic acids is 1. The number of halogens is 1. The molecule has 0 aliphatic carbocycles. The van der Waals surface area contributed by atoms with Gasteiger partial charge in [0.25, 0.3) is 5.91 Å². The Balaban J connectivity index is 2.19. The maximum absolute atomic E-state index is 12.4. The van der Waals surface area contributed by atoms with Crippen LogP contribution in [0.15, 0.2) is 22.7 Å². The van der Waals surface area contributed by atoms with Gasteiger partial charge in [0.1, 0.15) is 9.88 Å². The number of carbonyl (C=O) groups is 2. The highest BCUT2D eigenvalue weighted by Gasteiger charge is 2.20. The quantitative estimate of drug-likeness (QED) is 0.844. The van der Waals surface area contributed by atoms with Crippen molar-refractivity contribution < 1.29 is 14.7 Å². The molecule has 1 aromatic heterocycles. The van der Waals surface area contributed by atoms with Crippen LogP contribution in [0.1, 0.15) is 49.3 Å². The highest BCUT2D eigenvalue weighted by atomic mass is 79.9. The van der Waals surface area contributed by atoms with Crippen LogP contribution in [0.3, 0.4) is 0 Å². The molecule has 0 radical (unpaired) electrons. The van der Waals surface area contributed by atoms with Crippen LogP contribution in [0.4, 0.5) is 0 Å². The summed E-state index contributed by atoms with van der Waals surface area (Å²) in [5, 5.41) is 12.5. The van der Waals surface area contributed by atoms with Crippen LogP contribution >= 0.6 is 27.3 Å². The zero-order chi connectivity index (χ0) is 16.4. The van der Waals surface area contributed by atoms with E-state index in [0.29, 0.717) is 16.3 Å². The van der Waals surface area contributed by atoms with E-state index in [2.05, 4.69) is 26.2 Å². The minimum Gasteiger partial charge on any atom is -0.477 e. The minimum absolute atomic E-state index is 0.203. The number of carbonyl (C=O) groups excluding carboxylic acids is 1. The van der Waals surface area contributed by atoms with Crippen molar-refractivity contribution in [1.29, 1.82) is 0 Å². The summed E-state index contributed by atoms with van der Waals surface area (Å²) in [5.41, 5.74) is 1.91. The number of nitrogens with one attached hydrogen (secondary N) is 1. The van der Waals surface area contributed by atoms with Crippen LogP contribution in [-0.4, -0.2) is 22.0 Å². The maximum atomic E-state index is 12.4. The molecule has 1 heterocycles. The molecule has 1 unspecified atom stereocenters. The molecule has 0 bridgehead atoms. The average Bonchev–Trinajstić information content (AvgIpc) is 2.83. The Kier molecular flexibility index (Phi) is 4.97. The summed E-state index contributed by atoms with van der Waals surface area (Å²) < 4.78 is 0.828. The second-order valence-corrected chi connectivity index (χ2v) is 6.87. The van der Waals surface area contributed by atoms with E-state index in [0.717, 1.165) is 21.4 Å². The summed E-state index contributed by atoms with van der Waals surface area (Å²) in [5.74, 6) is -1.21. The van der Waals surface area contributed by atoms with Crippen LogP contribution < -0.4 is 5.32 Å². The van der Waals surface area contributed by atoms with Crippen molar-refractivity contribution in [2.24, 2.45) is 0 Å². The van der Waals surface area contributed by atoms with Crippen LogP contribution in [-0.2, 0) is 0 Å². The predicted molar refractivity (Wildman–Crippen MR) is 88.6 cm³/mol. The lowest BCUT2D eigenvalue weighted by molar-refractivity contribution is 0.0701. The number of aryl methyl sites for hydroxylation is 2. The molecule has 5 nitrogen and oxygen atoms in total. The Labute approximate surface area is 140 Å². The first-order chi connectivity index (χ1) is 10.3. The zero-order valence-electron chi connectivity index (χ0n) is 12.3. The van der Waals surface area contributed by atoms with Gasteiger partial charge in [0.2, 0.25) is 0 Å². The van der Waals surface area contributed by atoms with Crippen molar-refractivity contribution in [1.82, 2.24) is 10.3 Å². The summed E-state index contributed by atoms with van der Waals surface area (Å²) in [7, 11) is 0. The normalized spacial score (nSPS) is 12.0. The number of thiazole rings is 1. The first-order valence-corrected chi connectivity index (χ1v) is 8.18. The van der Waals surface area contributed by atoms with E-state index < -0.39 is 5.97 Å². The SMILES string of the molecule is Cc1ccc(Br)cc1C(=O)NC(C)c1nc(C)c(C(=O)O)s1. The fraction of sp³-hybridized carbons (Fsp3) is 0.267. The number of aromatic nitrogens is 1. The van der Waals surface area contributed by atoms with Gasteiger partial charge < -0.3 is 10.4 Å². The fourth-order valence-corrected chi connectivity index (χ4v) is 3.25. The van der Waals surface area contributed by atoms with Gasteiger partial charge >= 0.3 is 5.97 Å². The van der Waals surface area contributed by atoms with Gasteiger partial charge in [-0.3, -0.25) is 4.79 Å². The van der Waals surface area contributed by atoms with E-state index in [-0.39, 0.29) is 16.8 Å². The van der Waals surface area contributed by atoms with E-state index in [4.69, 9.17) is 5.11 Å². The van der Waals surface area contributed by atoms with Gasteiger partial charge in [0.05, 0.1) is 11.7 Å². The van der Waals surface area contributed by atoms with Gasteiger partial charge in [-0.2, -0.15) is 0 Å². The number of carboxylic acid groups (broad SMARTS) is 1. The Morgan fingerprint density at radius 2 is 2.05 bits per heavy atom. The molecule has 22 heavy (non-hydrogen) atoms. The molecule has 2 N–H and O–H groups in total. The van der Waals surface area contributed by atoms with Crippen LogP contribution in [0.2, 0.25) is 0 Å². The molecule has 0 saturated heterocycles. The summed E-state index contributed by atoms with van der Waals surface area (Å²) in [6, 6.07) is 5.13. The van der Waals surface area contributed by atoms with Gasteiger partial charge in [-0.05, 0) is 38.5 Å². The van der Waals surface area contributed by atoms with Crippen molar-refractivity contribution in [2.45, 2.75) is 26.8 Å². The lowest BCUT2D eigenvalue weighted by atomic mass is 10.1. The lowest BCUT2D eigenvalue weighted by Gasteiger charge is -2.13. The first-order valence-electron chi connectivity index (χ1n) is 6.57. The number of nitrogens with zero attached hydrogens (tertiary/aromatic N) is 1. The Morgan fingerprint density at radius 3 is 2.64 bits per heavy atom. The number of amides is 1. The van der Waals surface area contributed by atoms with Crippen LogP contribution in [0.5, 0.6) is 0 Å². The number of rotatable bonds is 4. The molecule has 116 valence electrons. The number of benzene rings is 1. The predicted octanol–water partition coefficient (Wildman–Crippen LogP) is 3.71. The molecule has 0 aliphatic rings. The summed E-state index contributed by atoms with van der Waals surface area (Å²) in [6.45, 7) is 5.30. The van der Waals surface area contributed by atoms with Crippen molar-refractivity contribution in [3.8, 4) is 0 Å². The topological polar surface area (TPSA) is 79.3 Å². The van der Waals surface area contributed by atoms with E-state index >= 15 is 0 Å². The second-order valence-electron chi connectivity index (χ2n) is 4.93. The Hall–Kier alpha value is -1.73. The fourth-order valence-electron chi connectivity index (χ4n) is 1.98. The molecule has 1 aromatic carbocycles. The third-order valence-corrected chi connectivity index (χ3v) is 4.99. The molecule has 1 amide bonds. The summed E-state index contributed by atoms with van der Waals surface area (Å²) in [6.07, 6.45) is 0. The van der Waals surface area contributed by atoms with E-state index in [1.165, 1.54) is 0 Å². The third kappa shape index (κ3) is 3.53. The standard InChI is InChI=1S/C15H15BrN2O3S/c1-7-4-5-10(16)6-11(7)13(19)17-9(3)14-18-8(2)12(22-14)15(20)21/h4-6,9H,1-3H3,(H,17,19)(H,20,21). The maximum Gasteiger partial charge on any atom is 0.347 e. The lowest BCUT2D eigenvalue weighted by Crippen LogP contribution is -2.27. The number of hydrogen-bond acceptors (Lipinski definition) is 4. The molecular formula is C15H15BrN2O3S. The van der Waals surface area contributed by atoms with E-state index in [9.17, 15) is 9.59 Å². The Bertz CT molecular complexity index is 742. The summed E-state index contributed by atoms with van der Waals surface area (Å²) >= 11 is 4.43. The number of hydrogen-bond donors (Lipinski definition) is 2. The van der Waals surface area contributed by atoms with E-state index in [1.54, 1.807) is 19.9 Å². The van der Waals surface area contributed by atoms with Gasteiger partial charge in [0.15, 0.2) is 0 Å². The molecule has 0 saturated carbocycles. The van der Waals surface area contributed by atoms with Gasteiger partial charge in [0, 0.05) is 10.0 Å². The van der Waals surface area contributed by atoms with Crippen molar-refractivity contribution >= 4 is 39.1 Å². The van der Waals surface area contributed by atoms with E-state index in [1.807, 2.05) is 19.1 Å². The zero-order valence-corrected chi connectivity index (χ0v) is 14.7. The van der Waals surface area contributed by atoms with Gasteiger partial charge in [-0.15, -0.1) is 11.3 Å². The minimum atomic E-state index is -0.998. The molecule has 2 aromatic rings. The smallest absolute Gasteiger partial charge is 0.347 e. The third-order valence-electron chi connectivity index (χ3n) is 3.17. The van der Waals surface area contributed by atoms with Crippen LogP contribution in [0, 0.1) is 13.8 Å². The van der Waals surface area contributed by atoms with Gasteiger partial charge in [-0.1, -0.05) is 22.0 Å². The van der Waals surface area contributed by atoms with Gasteiger partial charge in [-0.25, -0.2) is 9.78 Å². The van der Waals surface area contributed by atoms with Crippen LogP contribution in [0.25, 0.3) is 0 Å². The average molecular weight is 383 g/mol. The molecule has 7 heteroatoms. The molecular weight excluding hydrogens is 368 g/mol. The highest BCUT2D eigenvalue weighted by Crippen LogP contribution is 2.24. The first kappa shape index (κ1) is 16.6. The summed E-state index contributed by atoms with van der Waals surface area (Å²) in [4.78, 5) is 27.9. The van der Waals surface area contributed by atoms with Crippen molar-refractivity contribution in [3.63, 3.8) is 0 Å². The molecule has 0 spiro atoms. The monoisotopic (exact) mass is 382 g/mol. The van der Waals surface area contributed by atoms with Crippen molar-refractivity contribution in [2.75, 3.05) is 0 Å². The molecule has 0 aliphatic heterocycles. The largest absolute Gasteiger partial charge is 0.477 e. The highest BCUT2D eigenvalue weighted by molar-refractivity contribution is 9.10. The molecule has 2 rings (SSSR count). The number of aromatic carboxylic acids is 1. The second kappa shape index (κ2) is 6.58. The molecule has 1 atom stereocenters. The van der Waals surface area contributed by atoms with Crippen molar-refractivity contribution in [3.05, 3.63) is 49.4 Å².